The number of ether oxygens (including phenoxy) is 1. The smallest absolute Gasteiger partial charge is 0.420 e. The molecule has 1 N–H and O–H groups in total. The Kier molecular flexibility index (Phi) is 7.38. The van der Waals surface area contributed by atoms with Gasteiger partial charge in [0.25, 0.3) is 0 Å². The number of halogens is 6. The molecule has 0 aromatic heterocycles. The summed E-state index contributed by atoms with van der Waals surface area (Å²) in [5.41, 5.74) is -1.71. The highest BCUT2D eigenvalue weighted by molar-refractivity contribution is 7.97. The highest BCUT2D eigenvalue weighted by Gasteiger charge is 2.51. The minimum Gasteiger partial charge on any atom is -0.492 e. The SMILES string of the molecule is CN1Sc2cc(OCC3(C(=O)O)CC3)c(C(F)(F)F)cc2N(c2ccc(F)cc2)CC1CCC(F)F. The zero-order chi connectivity index (χ0) is 26.3. The van der Waals surface area contributed by atoms with Gasteiger partial charge in [0.15, 0.2) is 0 Å². The molecule has 2 aliphatic rings. The van der Waals surface area contributed by atoms with Crippen molar-refractivity contribution in [2.24, 2.45) is 5.41 Å². The number of aliphatic carboxylic acids is 1. The summed E-state index contributed by atoms with van der Waals surface area (Å²) in [5.74, 6) is -2.15. The van der Waals surface area contributed by atoms with Crippen LogP contribution < -0.4 is 9.64 Å². The van der Waals surface area contributed by atoms with Gasteiger partial charge in [0.1, 0.15) is 23.6 Å². The van der Waals surface area contributed by atoms with E-state index < -0.39 is 53.8 Å². The molecule has 1 aliphatic carbocycles. The summed E-state index contributed by atoms with van der Waals surface area (Å²) in [7, 11) is 1.67. The van der Waals surface area contributed by atoms with E-state index >= 15 is 0 Å². The Morgan fingerprint density at radius 1 is 1.22 bits per heavy atom. The molecule has 5 nitrogen and oxygen atoms in total. The van der Waals surface area contributed by atoms with Crippen LogP contribution in [0, 0.1) is 11.2 Å². The fourth-order valence-corrected chi connectivity index (χ4v) is 5.13. The molecular weight excluding hydrogens is 510 g/mol. The number of nitrogens with zero attached hydrogens (tertiary/aromatic N) is 2. The molecule has 0 spiro atoms. The normalized spacial score (nSPS) is 19.7. The van der Waals surface area contributed by atoms with Gasteiger partial charge in [0.05, 0.1) is 16.1 Å². The van der Waals surface area contributed by atoms with Crippen molar-refractivity contribution < 1.29 is 41.0 Å². The van der Waals surface area contributed by atoms with E-state index in [1.54, 1.807) is 16.3 Å². The van der Waals surface area contributed by atoms with Gasteiger partial charge >= 0.3 is 12.1 Å². The van der Waals surface area contributed by atoms with Crippen LogP contribution in [0.25, 0.3) is 0 Å². The van der Waals surface area contributed by atoms with Gasteiger partial charge in [-0.2, -0.15) is 13.2 Å². The van der Waals surface area contributed by atoms with E-state index in [1.807, 2.05) is 0 Å². The number of hydrogen-bond donors (Lipinski definition) is 1. The minimum atomic E-state index is -4.81. The maximum Gasteiger partial charge on any atom is 0.420 e. The number of benzene rings is 2. The van der Waals surface area contributed by atoms with Crippen molar-refractivity contribution in [2.45, 2.75) is 49.2 Å². The van der Waals surface area contributed by atoms with E-state index in [4.69, 9.17) is 4.74 Å². The average Bonchev–Trinajstić information content (AvgIpc) is 3.60. The number of rotatable bonds is 8. The lowest BCUT2D eigenvalue weighted by atomic mass is 10.1. The fraction of sp³-hybridized carbons (Fsp3) is 0.458. The topological polar surface area (TPSA) is 53.0 Å². The molecular formula is C24H24F6N2O3S. The zero-order valence-corrected chi connectivity index (χ0v) is 20.0. The summed E-state index contributed by atoms with van der Waals surface area (Å²) in [4.78, 5) is 13.4. The predicted molar refractivity (Wildman–Crippen MR) is 122 cm³/mol. The highest BCUT2D eigenvalue weighted by atomic mass is 32.2. The van der Waals surface area contributed by atoms with Crippen LogP contribution in [0.15, 0.2) is 41.3 Å². The van der Waals surface area contributed by atoms with Gasteiger partial charge < -0.3 is 14.7 Å². The van der Waals surface area contributed by atoms with E-state index in [0.29, 0.717) is 23.4 Å². The van der Waals surface area contributed by atoms with Gasteiger partial charge in [0, 0.05) is 24.7 Å². The summed E-state index contributed by atoms with van der Waals surface area (Å²) in [6.45, 7) is -0.308. The monoisotopic (exact) mass is 534 g/mol. The lowest BCUT2D eigenvalue weighted by Crippen LogP contribution is -2.36. The molecule has 0 bridgehead atoms. The van der Waals surface area contributed by atoms with Gasteiger partial charge in [-0.3, -0.25) is 4.79 Å². The maximum absolute atomic E-state index is 14.1. The summed E-state index contributed by atoms with van der Waals surface area (Å²) in [6.07, 6.45) is -7.01. The van der Waals surface area contributed by atoms with E-state index in [0.717, 1.165) is 18.0 Å². The third-order valence-corrected chi connectivity index (χ3v) is 7.58. The number of hydrogen-bond acceptors (Lipinski definition) is 5. The third kappa shape index (κ3) is 5.69. The van der Waals surface area contributed by atoms with Crippen LogP contribution in [-0.2, 0) is 11.0 Å². The third-order valence-electron chi connectivity index (χ3n) is 6.47. The molecule has 1 saturated carbocycles. The Morgan fingerprint density at radius 2 is 1.89 bits per heavy atom. The largest absolute Gasteiger partial charge is 0.492 e. The lowest BCUT2D eigenvalue weighted by molar-refractivity contribution is -0.144. The molecule has 1 aliphatic heterocycles. The number of anilines is 2. The second-order valence-electron chi connectivity index (χ2n) is 9.03. The first-order valence-corrected chi connectivity index (χ1v) is 12.0. The van der Waals surface area contributed by atoms with Gasteiger partial charge in [-0.05, 0) is 74.7 Å². The average molecular weight is 535 g/mol. The van der Waals surface area contributed by atoms with Crippen LogP contribution >= 0.6 is 11.9 Å². The van der Waals surface area contributed by atoms with Gasteiger partial charge in [-0.25, -0.2) is 17.5 Å². The standard InChI is InChI=1S/C24H24F6N2O3S/c1-31-16(6-7-21(26)27)12-32(15-4-2-14(25)3-5-15)18-10-17(24(28,29)30)19(11-20(18)36-31)35-13-23(8-9-23)22(33)34/h2-5,10-11,16,21H,6-9,12-13H2,1H3,(H,33,34). The molecule has 0 amide bonds. The highest BCUT2D eigenvalue weighted by Crippen LogP contribution is 2.50. The molecule has 2 aromatic rings. The fourth-order valence-electron chi connectivity index (χ4n) is 4.07. The van der Waals surface area contributed by atoms with Crippen LogP contribution in [0.1, 0.15) is 31.2 Å². The molecule has 1 fully saturated rings. The second kappa shape index (κ2) is 10.0. The van der Waals surface area contributed by atoms with Crippen LogP contribution in [0.4, 0.5) is 37.7 Å². The minimum absolute atomic E-state index is 0.0868. The molecule has 12 heteroatoms. The maximum atomic E-state index is 14.1. The van der Waals surface area contributed by atoms with Crippen LogP contribution in [-0.4, -0.2) is 48.0 Å². The first kappa shape index (κ1) is 26.5. The van der Waals surface area contributed by atoms with Crippen molar-refractivity contribution in [1.82, 2.24) is 4.31 Å². The van der Waals surface area contributed by atoms with Gasteiger partial charge in [-0.15, -0.1) is 0 Å². The predicted octanol–water partition coefficient (Wildman–Crippen LogP) is 6.59. The van der Waals surface area contributed by atoms with Crippen LogP contribution in [0.2, 0.25) is 0 Å². The number of likely N-dealkylation sites (N-methyl/N-ethyl adjacent to an activating group) is 1. The summed E-state index contributed by atoms with van der Waals surface area (Å²) >= 11 is 1.09. The Labute approximate surface area is 208 Å². The van der Waals surface area contributed by atoms with E-state index in [-0.39, 0.29) is 25.1 Å². The molecule has 4 rings (SSSR count). The van der Waals surface area contributed by atoms with E-state index in [9.17, 15) is 36.2 Å². The van der Waals surface area contributed by atoms with Crippen molar-refractivity contribution in [1.29, 1.82) is 0 Å². The van der Waals surface area contributed by atoms with Gasteiger partial charge in [-0.1, -0.05) is 0 Å². The summed E-state index contributed by atoms with van der Waals surface area (Å²) in [6, 6.07) is 6.86. The van der Waals surface area contributed by atoms with E-state index in [2.05, 4.69) is 0 Å². The number of alkyl halides is 5. The molecule has 36 heavy (non-hydrogen) atoms. The molecule has 1 atom stereocenters. The van der Waals surface area contributed by atoms with Crippen molar-refractivity contribution >= 4 is 29.3 Å². The molecule has 0 saturated heterocycles. The molecule has 2 aromatic carbocycles. The lowest BCUT2D eigenvalue weighted by Gasteiger charge is -2.30. The second-order valence-corrected chi connectivity index (χ2v) is 10.2. The Bertz CT molecular complexity index is 1110. The number of carboxylic acid groups (broad SMARTS) is 1. The Hall–Kier alpha value is -2.60. The van der Waals surface area contributed by atoms with Crippen molar-refractivity contribution in [3.63, 3.8) is 0 Å². The molecule has 196 valence electrons. The zero-order valence-electron chi connectivity index (χ0n) is 19.2. The van der Waals surface area contributed by atoms with E-state index in [1.165, 1.54) is 30.3 Å². The Balaban J connectivity index is 1.77. The van der Waals surface area contributed by atoms with Crippen LogP contribution in [0.5, 0.6) is 5.75 Å². The van der Waals surface area contributed by atoms with Gasteiger partial charge in [0.2, 0.25) is 6.43 Å². The van der Waals surface area contributed by atoms with Crippen LogP contribution in [0.3, 0.4) is 0 Å². The summed E-state index contributed by atoms with van der Waals surface area (Å²) in [5, 5.41) is 9.37. The van der Waals surface area contributed by atoms with Crippen molar-refractivity contribution in [2.75, 3.05) is 25.1 Å². The Morgan fingerprint density at radius 3 is 2.44 bits per heavy atom. The first-order chi connectivity index (χ1) is 16.9. The summed E-state index contributed by atoms with van der Waals surface area (Å²) < 4.78 is 88.9. The number of carbonyl (C=O) groups is 1. The molecule has 1 unspecified atom stereocenters. The van der Waals surface area contributed by atoms with Crippen molar-refractivity contribution in [3.8, 4) is 5.75 Å². The molecule has 0 radical (unpaired) electrons. The number of carboxylic acids is 1. The first-order valence-electron chi connectivity index (χ1n) is 11.2. The molecule has 1 heterocycles. The quantitative estimate of drug-likeness (QED) is 0.305. The van der Waals surface area contributed by atoms with Crippen molar-refractivity contribution in [3.05, 3.63) is 47.8 Å². The number of fused-ring (bicyclic) bond motifs is 1.